The van der Waals surface area contributed by atoms with Gasteiger partial charge in [-0.25, -0.2) is 4.79 Å². The van der Waals surface area contributed by atoms with Crippen molar-refractivity contribution in [2.24, 2.45) is 5.92 Å². The average Bonchev–Trinajstić information content (AvgIpc) is 2.57. The van der Waals surface area contributed by atoms with Crippen molar-refractivity contribution in [3.63, 3.8) is 0 Å². The molecule has 1 amide bonds. The van der Waals surface area contributed by atoms with Crippen LogP contribution < -0.4 is 14.8 Å². The van der Waals surface area contributed by atoms with E-state index in [4.69, 9.17) is 14.2 Å². The Kier molecular flexibility index (Phi) is 8.68. The summed E-state index contributed by atoms with van der Waals surface area (Å²) < 4.78 is 15.9. The lowest BCUT2D eigenvalue weighted by Crippen LogP contribution is -2.29. The zero-order valence-electron chi connectivity index (χ0n) is 14.9. The van der Waals surface area contributed by atoms with Crippen molar-refractivity contribution in [2.45, 2.75) is 33.6 Å². The number of carbonyl (C=O) groups excluding carboxylic acids is 2. The molecule has 6 heteroatoms. The molecule has 0 radical (unpaired) electrons. The fourth-order valence-electron chi connectivity index (χ4n) is 1.84. The molecule has 0 bridgehead atoms. The number of hydrogen-bond acceptors (Lipinski definition) is 5. The van der Waals surface area contributed by atoms with E-state index < -0.39 is 5.97 Å². The third kappa shape index (κ3) is 6.89. The Morgan fingerprint density at radius 3 is 2.58 bits per heavy atom. The molecule has 0 heterocycles. The van der Waals surface area contributed by atoms with E-state index in [0.717, 1.165) is 12.8 Å². The smallest absolute Gasteiger partial charge is 0.338 e. The number of esters is 1. The number of unbranched alkanes of at least 4 members (excludes halogenated alkanes) is 1. The van der Waals surface area contributed by atoms with Gasteiger partial charge in [-0.2, -0.15) is 0 Å². The zero-order valence-corrected chi connectivity index (χ0v) is 14.9. The van der Waals surface area contributed by atoms with Crippen molar-refractivity contribution >= 4 is 11.9 Å². The highest BCUT2D eigenvalue weighted by Crippen LogP contribution is 2.28. The van der Waals surface area contributed by atoms with Crippen LogP contribution in [0.3, 0.4) is 0 Å². The van der Waals surface area contributed by atoms with Crippen molar-refractivity contribution in [1.82, 2.24) is 5.32 Å². The average molecular weight is 337 g/mol. The minimum Gasteiger partial charge on any atom is -0.493 e. The fraction of sp³-hybridized carbons (Fsp3) is 0.556. The van der Waals surface area contributed by atoms with E-state index in [9.17, 15) is 9.59 Å². The zero-order chi connectivity index (χ0) is 17.9. The quantitative estimate of drug-likeness (QED) is 0.525. The molecular formula is C18H27NO5. The summed E-state index contributed by atoms with van der Waals surface area (Å²) in [5, 5.41) is 2.69. The Morgan fingerprint density at radius 1 is 1.21 bits per heavy atom. The lowest BCUT2D eigenvalue weighted by Gasteiger charge is -2.13. The maximum absolute atomic E-state index is 12.0. The van der Waals surface area contributed by atoms with Gasteiger partial charge >= 0.3 is 5.97 Å². The molecule has 0 spiro atoms. The van der Waals surface area contributed by atoms with E-state index in [2.05, 4.69) is 5.32 Å². The molecule has 1 aromatic carbocycles. The minimum absolute atomic E-state index is 0.295. The number of ether oxygens (including phenoxy) is 3. The standard InChI is InChI=1S/C18H27NO5/c1-5-6-9-19-17(20)12-24-18(21)14-7-8-15(16(10-14)22-4)23-11-13(2)3/h7-8,10,13H,5-6,9,11-12H2,1-4H3,(H,19,20). The Morgan fingerprint density at radius 2 is 1.96 bits per heavy atom. The van der Waals surface area contributed by atoms with Gasteiger partial charge in [-0.3, -0.25) is 4.79 Å². The van der Waals surface area contributed by atoms with Gasteiger partial charge in [-0.1, -0.05) is 27.2 Å². The van der Waals surface area contributed by atoms with Crippen LogP contribution >= 0.6 is 0 Å². The van der Waals surface area contributed by atoms with Crippen LogP contribution in [-0.2, 0) is 9.53 Å². The predicted molar refractivity (Wildman–Crippen MR) is 91.5 cm³/mol. The molecule has 0 atom stereocenters. The third-order valence-corrected chi connectivity index (χ3v) is 3.16. The second-order valence-corrected chi connectivity index (χ2v) is 5.85. The summed E-state index contributed by atoms with van der Waals surface area (Å²) in [5.41, 5.74) is 0.310. The molecule has 6 nitrogen and oxygen atoms in total. The van der Waals surface area contributed by atoms with Crippen molar-refractivity contribution in [3.8, 4) is 11.5 Å². The van der Waals surface area contributed by atoms with E-state index in [1.165, 1.54) is 7.11 Å². The molecule has 0 unspecified atom stereocenters. The van der Waals surface area contributed by atoms with Crippen molar-refractivity contribution < 1.29 is 23.8 Å². The van der Waals surface area contributed by atoms with Crippen LogP contribution in [0.15, 0.2) is 18.2 Å². The first kappa shape index (κ1) is 19.8. The Hall–Kier alpha value is -2.24. The largest absolute Gasteiger partial charge is 0.493 e. The highest BCUT2D eigenvalue weighted by Gasteiger charge is 2.14. The molecule has 0 aliphatic carbocycles. The van der Waals surface area contributed by atoms with Gasteiger partial charge in [0.2, 0.25) is 0 Å². The van der Waals surface area contributed by atoms with E-state index in [0.29, 0.717) is 36.1 Å². The van der Waals surface area contributed by atoms with Crippen LogP contribution in [0.5, 0.6) is 11.5 Å². The third-order valence-electron chi connectivity index (χ3n) is 3.16. The Labute approximate surface area is 143 Å². The molecule has 24 heavy (non-hydrogen) atoms. The molecule has 1 N–H and O–H groups in total. The second-order valence-electron chi connectivity index (χ2n) is 5.85. The van der Waals surface area contributed by atoms with Crippen LogP contribution in [0.1, 0.15) is 44.0 Å². The van der Waals surface area contributed by atoms with Crippen molar-refractivity contribution in [2.75, 3.05) is 26.9 Å². The second kappa shape index (κ2) is 10.5. The van der Waals surface area contributed by atoms with E-state index in [1.807, 2.05) is 20.8 Å². The number of hydrogen-bond donors (Lipinski definition) is 1. The Balaban J connectivity index is 2.59. The van der Waals surface area contributed by atoms with Gasteiger partial charge in [-0.15, -0.1) is 0 Å². The van der Waals surface area contributed by atoms with Crippen LogP contribution in [0.2, 0.25) is 0 Å². The van der Waals surface area contributed by atoms with Crippen LogP contribution in [0.4, 0.5) is 0 Å². The summed E-state index contributed by atoms with van der Waals surface area (Å²) in [7, 11) is 1.51. The topological polar surface area (TPSA) is 73.9 Å². The van der Waals surface area contributed by atoms with E-state index >= 15 is 0 Å². The number of methoxy groups -OCH3 is 1. The first-order valence-corrected chi connectivity index (χ1v) is 8.22. The monoisotopic (exact) mass is 337 g/mol. The van der Waals surface area contributed by atoms with E-state index in [-0.39, 0.29) is 12.5 Å². The summed E-state index contributed by atoms with van der Waals surface area (Å²) in [4.78, 5) is 23.6. The molecular weight excluding hydrogens is 310 g/mol. The summed E-state index contributed by atoms with van der Waals surface area (Å²) in [6.07, 6.45) is 1.89. The lowest BCUT2D eigenvalue weighted by atomic mass is 10.2. The molecule has 0 fully saturated rings. The van der Waals surface area contributed by atoms with Gasteiger partial charge in [0.1, 0.15) is 0 Å². The first-order valence-electron chi connectivity index (χ1n) is 8.22. The molecule has 134 valence electrons. The maximum Gasteiger partial charge on any atom is 0.338 e. The number of nitrogens with one attached hydrogen (secondary N) is 1. The number of rotatable bonds is 10. The molecule has 1 rings (SSSR count). The number of amides is 1. The highest BCUT2D eigenvalue weighted by atomic mass is 16.5. The van der Waals surface area contributed by atoms with Crippen molar-refractivity contribution in [3.05, 3.63) is 23.8 Å². The number of benzene rings is 1. The van der Waals surface area contributed by atoms with Gasteiger partial charge in [0.25, 0.3) is 5.91 Å². The normalized spacial score (nSPS) is 10.4. The van der Waals surface area contributed by atoms with E-state index in [1.54, 1.807) is 18.2 Å². The van der Waals surface area contributed by atoms with Crippen LogP contribution in [0, 0.1) is 5.92 Å². The molecule has 0 saturated carbocycles. The summed E-state index contributed by atoms with van der Waals surface area (Å²) in [6, 6.07) is 4.81. The van der Waals surface area contributed by atoms with Gasteiger partial charge in [0.15, 0.2) is 18.1 Å². The highest BCUT2D eigenvalue weighted by molar-refractivity contribution is 5.92. The predicted octanol–water partition coefficient (Wildman–Crippen LogP) is 2.80. The minimum atomic E-state index is -0.575. The van der Waals surface area contributed by atoms with Gasteiger partial charge in [0, 0.05) is 6.54 Å². The molecule has 0 aliphatic rings. The van der Waals surface area contributed by atoms with Crippen LogP contribution in [-0.4, -0.2) is 38.7 Å². The SMILES string of the molecule is CCCCNC(=O)COC(=O)c1ccc(OCC(C)C)c(OC)c1. The summed E-state index contributed by atoms with van der Waals surface area (Å²) in [5.74, 6) is 0.526. The first-order chi connectivity index (χ1) is 11.5. The Bertz CT molecular complexity index is 542. The van der Waals surface area contributed by atoms with Crippen LogP contribution in [0.25, 0.3) is 0 Å². The molecule has 0 saturated heterocycles. The number of carbonyl (C=O) groups is 2. The fourth-order valence-corrected chi connectivity index (χ4v) is 1.84. The molecule has 0 aromatic heterocycles. The lowest BCUT2D eigenvalue weighted by molar-refractivity contribution is -0.124. The van der Waals surface area contributed by atoms with Gasteiger partial charge < -0.3 is 19.5 Å². The maximum atomic E-state index is 12.0. The molecule has 0 aliphatic heterocycles. The van der Waals surface area contributed by atoms with Gasteiger partial charge in [-0.05, 0) is 30.5 Å². The van der Waals surface area contributed by atoms with Gasteiger partial charge in [0.05, 0.1) is 19.3 Å². The molecule has 1 aromatic rings. The van der Waals surface area contributed by atoms with Crippen molar-refractivity contribution in [1.29, 1.82) is 0 Å². The summed E-state index contributed by atoms with van der Waals surface area (Å²) in [6.45, 7) is 6.97. The summed E-state index contributed by atoms with van der Waals surface area (Å²) >= 11 is 0.